The molecule has 2 aromatic carbocycles. The van der Waals surface area contributed by atoms with Crippen LogP contribution in [0.1, 0.15) is 17.3 Å². The van der Waals surface area contributed by atoms with Crippen molar-refractivity contribution in [2.45, 2.75) is 6.92 Å². The maximum Gasteiger partial charge on any atom is 0.338 e. The second-order valence-corrected chi connectivity index (χ2v) is 7.16. The summed E-state index contributed by atoms with van der Waals surface area (Å²) in [7, 11) is 1.50. The van der Waals surface area contributed by atoms with Gasteiger partial charge in [-0.25, -0.2) is 4.79 Å². The molecule has 1 aliphatic rings. The van der Waals surface area contributed by atoms with Gasteiger partial charge in [0.15, 0.2) is 18.1 Å². The highest BCUT2D eigenvalue weighted by molar-refractivity contribution is 6.30. The number of halogens is 1. The molecular weight excluding hydrogens is 408 g/mol. The van der Waals surface area contributed by atoms with Gasteiger partial charge in [-0.05, 0) is 43.3 Å². The average Bonchev–Trinajstić information content (AvgIpc) is 2.77. The second kappa shape index (κ2) is 10.2. The van der Waals surface area contributed by atoms with E-state index in [0.29, 0.717) is 54.9 Å². The summed E-state index contributed by atoms with van der Waals surface area (Å²) in [5.41, 5.74) is 1.33. The fraction of sp³-hybridized carbons (Fsp3) is 0.364. The number of piperazine rings is 1. The van der Waals surface area contributed by atoms with Gasteiger partial charge in [0.2, 0.25) is 0 Å². The topological polar surface area (TPSA) is 68.3 Å². The van der Waals surface area contributed by atoms with Crippen molar-refractivity contribution < 1.29 is 23.8 Å². The Kier molecular flexibility index (Phi) is 7.41. The first-order valence-electron chi connectivity index (χ1n) is 9.78. The van der Waals surface area contributed by atoms with E-state index in [1.54, 1.807) is 23.1 Å². The highest BCUT2D eigenvalue weighted by Gasteiger charge is 2.23. The van der Waals surface area contributed by atoms with Crippen molar-refractivity contribution in [2.75, 3.05) is 51.4 Å². The van der Waals surface area contributed by atoms with Crippen molar-refractivity contribution in [3.63, 3.8) is 0 Å². The number of nitrogens with zero attached hydrogens (tertiary/aromatic N) is 2. The number of anilines is 1. The molecule has 1 saturated heterocycles. The van der Waals surface area contributed by atoms with E-state index >= 15 is 0 Å². The molecule has 7 nitrogen and oxygen atoms in total. The monoisotopic (exact) mass is 432 g/mol. The SMILES string of the molecule is CCOc1ccc(C(=O)OCC(=O)N2CCN(c3cccc(Cl)c3)CC2)cc1OC. The first-order chi connectivity index (χ1) is 14.5. The van der Waals surface area contributed by atoms with E-state index in [1.807, 2.05) is 31.2 Å². The van der Waals surface area contributed by atoms with Gasteiger partial charge in [0.1, 0.15) is 0 Å². The maximum absolute atomic E-state index is 12.5. The van der Waals surface area contributed by atoms with E-state index in [2.05, 4.69) is 4.90 Å². The van der Waals surface area contributed by atoms with Crippen LogP contribution in [0.2, 0.25) is 5.02 Å². The summed E-state index contributed by atoms with van der Waals surface area (Å²) in [6, 6.07) is 12.4. The van der Waals surface area contributed by atoms with E-state index in [4.69, 9.17) is 25.8 Å². The lowest BCUT2D eigenvalue weighted by Gasteiger charge is -2.36. The Bertz CT molecular complexity index is 897. The van der Waals surface area contributed by atoms with Gasteiger partial charge in [0.05, 0.1) is 19.3 Å². The summed E-state index contributed by atoms with van der Waals surface area (Å²) >= 11 is 6.05. The van der Waals surface area contributed by atoms with Crippen molar-refractivity contribution in [1.82, 2.24) is 4.90 Å². The quantitative estimate of drug-likeness (QED) is 0.625. The van der Waals surface area contributed by atoms with Gasteiger partial charge in [-0.1, -0.05) is 17.7 Å². The van der Waals surface area contributed by atoms with Crippen LogP contribution < -0.4 is 14.4 Å². The number of methoxy groups -OCH3 is 1. The first-order valence-corrected chi connectivity index (χ1v) is 10.2. The van der Waals surface area contributed by atoms with Crippen molar-refractivity contribution in [2.24, 2.45) is 0 Å². The Hall–Kier alpha value is -2.93. The minimum absolute atomic E-state index is 0.216. The molecule has 0 aromatic heterocycles. The van der Waals surface area contributed by atoms with E-state index in [-0.39, 0.29) is 12.5 Å². The van der Waals surface area contributed by atoms with E-state index < -0.39 is 5.97 Å². The van der Waals surface area contributed by atoms with E-state index in [9.17, 15) is 9.59 Å². The zero-order valence-electron chi connectivity index (χ0n) is 17.1. The number of ether oxygens (including phenoxy) is 3. The Balaban J connectivity index is 1.50. The lowest BCUT2D eigenvalue weighted by atomic mass is 10.2. The highest BCUT2D eigenvalue weighted by atomic mass is 35.5. The number of carbonyl (C=O) groups is 2. The molecule has 0 spiro atoms. The van der Waals surface area contributed by atoms with Gasteiger partial charge >= 0.3 is 5.97 Å². The van der Waals surface area contributed by atoms with Gasteiger partial charge in [0.25, 0.3) is 5.91 Å². The summed E-state index contributed by atoms with van der Waals surface area (Å²) in [4.78, 5) is 28.7. The molecule has 30 heavy (non-hydrogen) atoms. The third kappa shape index (κ3) is 5.36. The van der Waals surface area contributed by atoms with Crippen molar-refractivity contribution in [1.29, 1.82) is 0 Å². The summed E-state index contributed by atoms with van der Waals surface area (Å²) in [6.45, 7) is 4.54. The summed E-state index contributed by atoms with van der Waals surface area (Å²) in [6.07, 6.45) is 0. The molecule has 0 aliphatic carbocycles. The third-order valence-electron chi connectivity index (χ3n) is 4.83. The molecule has 0 unspecified atom stereocenters. The van der Waals surface area contributed by atoms with Crippen molar-refractivity contribution in [3.8, 4) is 11.5 Å². The molecule has 0 saturated carbocycles. The van der Waals surface area contributed by atoms with Crippen molar-refractivity contribution >= 4 is 29.2 Å². The van der Waals surface area contributed by atoms with Gasteiger partial charge in [0, 0.05) is 36.9 Å². The molecule has 0 radical (unpaired) electrons. The van der Waals surface area contributed by atoms with Crippen LogP contribution in [-0.4, -0.2) is 63.3 Å². The average molecular weight is 433 g/mol. The Morgan fingerprint density at radius 2 is 1.80 bits per heavy atom. The Labute approximate surface area is 181 Å². The van der Waals surface area contributed by atoms with Crippen LogP contribution >= 0.6 is 11.6 Å². The van der Waals surface area contributed by atoms with Gasteiger partial charge in [-0.15, -0.1) is 0 Å². The fourth-order valence-corrected chi connectivity index (χ4v) is 3.44. The molecule has 1 aliphatic heterocycles. The molecule has 1 fully saturated rings. The molecule has 1 amide bonds. The number of carbonyl (C=O) groups excluding carboxylic acids is 2. The van der Waals surface area contributed by atoms with Gasteiger partial charge in [-0.3, -0.25) is 4.79 Å². The highest BCUT2D eigenvalue weighted by Crippen LogP contribution is 2.28. The molecule has 160 valence electrons. The normalized spacial score (nSPS) is 13.7. The van der Waals surface area contributed by atoms with Crippen molar-refractivity contribution in [3.05, 3.63) is 53.1 Å². The van der Waals surface area contributed by atoms with E-state index in [1.165, 1.54) is 7.11 Å². The Morgan fingerprint density at radius 1 is 1.03 bits per heavy atom. The smallest absolute Gasteiger partial charge is 0.338 e. The molecule has 1 heterocycles. The third-order valence-corrected chi connectivity index (χ3v) is 5.07. The predicted molar refractivity (Wildman–Crippen MR) is 115 cm³/mol. The van der Waals surface area contributed by atoms with Gasteiger partial charge < -0.3 is 24.0 Å². The molecular formula is C22H25ClN2O5. The largest absolute Gasteiger partial charge is 0.493 e. The Morgan fingerprint density at radius 3 is 2.47 bits per heavy atom. The van der Waals surface area contributed by atoms with Gasteiger partial charge in [-0.2, -0.15) is 0 Å². The van der Waals surface area contributed by atoms with Crippen LogP contribution in [0.3, 0.4) is 0 Å². The lowest BCUT2D eigenvalue weighted by Crippen LogP contribution is -2.49. The predicted octanol–water partition coefficient (Wildman–Crippen LogP) is 3.25. The molecule has 3 rings (SSSR count). The fourth-order valence-electron chi connectivity index (χ4n) is 3.26. The van der Waals surface area contributed by atoms with E-state index in [0.717, 1.165) is 5.69 Å². The standard InChI is InChI=1S/C22H25ClN2O5/c1-3-29-19-8-7-16(13-20(19)28-2)22(27)30-15-21(26)25-11-9-24(10-12-25)18-6-4-5-17(23)14-18/h4-8,13-14H,3,9-12,15H2,1-2H3. The molecule has 2 aromatic rings. The molecule has 0 bridgehead atoms. The van der Waals surface area contributed by atoms with Crippen LogP contribution in [0, 0.1) is 0 Å². The minimum Gasteiger partial charge on any atom is -0.493 e. The minimum atomic E-state index is -0.581. The molecule has 0 N–H and O–H groups in total. The number of hydrogen-bond donors (Lipinski definition) is 0. The van der Waals surface area contributed by atoms with Crippen LogP contribution in [0.15, 0.2) is 42.5 Å². The summed E-state index contributed by atoms with van der Waals surface area (Å²) < 4.78 is 15.9. The summed E-state index contributed by atoms with van der Waals surface area (Å²) in [5.74, 6) is 0.189. The summed E-state index contributed by atoms with van der Waals surface area (Å²) in [5, 5.41) is 0.684. The van der Waals surface area contributed by atoms with Crippen LogP contribution in [0.25, 0.3) is 0 Å². The number of benzene rings is 2. The number of rotatable bonds is 7. The first kappa shape index (κ1) is 21.8. The zero-order valence-corrected chi connectivity index (χ0v) is 17.9. The van der Waals surface area contributed by atoms with Crippen LogP contribution in [0.4, 0.5) is 5.69 Å². The lowest BCUT2D eigenvalue weighted by molar-refractivity contribution is -0.134. The molecule has 0 atom stereocenters. The van der Waals surface area contributed by atoms with Crippen LogP contribution in [-0.2, 0) is 9.53 Å². The zero-order chi connectivity index (χ0) is 21.5. The second-order valence-electron chi connectivity index (χ2n) is 6.72. The van der Waals surface area contributed by atoms with Crippen LogP contribution in [0.5, 0.6) is 11.5 Å². The maximum atomic E-state index is 12.5. The number of amides is 1. The molecule has 8 heteroatoms. The number of hydrogen-bond acceptors (Lipinski definition) is 6. The number of esters is 1.